The van der Waals surface area contributed by atoms with Gasteiger partial charge in [0.15, 0.2) is 24.4 Å². The largest absolute Gasteiger partial charge is 0.466 e. The average molecular weight is 538 g/mol. The quantitative estimate of drug-likeness (QED) is 0.226. The number of rotatable bonds is 7. The molecular weight excluding hydrogens is 506 g/mol. The molecule has 4 atom stereocenters. The molecule has 1 fully saturated rings. The van der Waals surface area contributed by atoms with E-state index in [4.69, 9.17) is 28.5 Å². The summed E-state index contributed by atoms with van der Waals surface area (Å²) in [6.45, 7) is 7.74. The smallest absolute Gasteiger partial charge is 0.437 e. The van der Waals surface area contributed by atoms with Crippen LogP contribution in [0.15, 0.2) is 35.5 Å². The van der Waals surface area contributed by atoms with E-state index in [-0.39, 0.29) is 0 Å². The highest BCUT2D eigenvalue weighted by molar-refractivity contribution is 5.89. The van der Waals surface area contributed by atoms with Crippen LogP contribution in [0.5, 0.6) is 0 Å². The lowest BCUT2D eigenvalue weighted by Crippen LogP contribution is -2.65. The van der Waals surface area contributed by atoms with Crippen molar-refractivity contribution in [2.75, 3.05) is 11.9 Å². The maximum absolute atomic E-state index is 12.6. The molecule has 208 valence electrons. The van der Waals surface area contributed by atoms with E-state index >= 15 is 0 Å². The molecule has 0 bridgehead atoms. The second-order valence-electron chi connectivity index (χ2n) is 9.03. The lowest BCUT2D eigenvalue weighted by atomic mass is 9.96. The van der Waals surface area contributed by atoms with Crippen LogP contribution in [0.3, 0.4) is 0 Å². The molecule has 1 aliphatic rings. The Morgan fingerprint density at radius 3 is 2.05 bits per heavy atom. The number of oxime groups is 1. The van der Waals surface area contributed by atoms with E-state index in [0.717, 1.165) is 20.8 Å². The zero-order valence-electron chi connectivity index (χ0n) is 21.8. The van der Waals surface area contributed by atoms with Gasteiger partial charge in [0.2, 0.25) is 0 Å². The van der Waals surface area contributed by atoms with Crippen LogP contribution in [-0.4, -0.2) is 72.6 Å². The first-order valence-corrected chi connectivity index (χ1v) is 11.5. The number of alkyl carbamates (subject to hydrolysis) is 1. The zero-order chi connectivity index (χ0) is 28.5. The topological polar surface area (TPSA) is 177 Å². The highest BCUT2D eigenvalue weighted by atomic mass is 16.7. The monoisotopic (exact) mass is 537 g/mol. The number of ether oxygens (including phenoxy) is 5. The first-order chi connectivity index (χ1) is 17.7. The molecule has 0 spiro atoms. The fraction of sp³-hybridized carbons (Fsp3) is 0.500. The third-order valence-electron chi connectivity index (χ3n) is 4.52. The fourth-order valence-electron chi connectivity index (χ4n) is 3.23. The van der Waals surface area contributed by atoms with Crippen molar-refractivity contribution >= 4 is 41.7 Å². The molecular formula is C24H31N3O11. The first-order valence-electron chi connectivity index (χ1n) is 11.5. The Hall–Kier alpha value is -4.36. The van der Waals surface area contributed by atoms with Gasteiger partial charge in [-0.1, -0.05) is 18.2 Å². The van der Waals surface area contributed by atoms with Crippen molar-refractivity contribution < 1.29 is 52.5 Å². The summed E-state index contributed by atoms with van der Waals surface area (Å²) in [5.41, 5.74) is -0.501. The van der Waals surface area contributed by atoms with Crippen LogP contribution < -0.4 is 10.6 Å². The molecule has 1 aromatic rings. The van der Waals surface area contributed by atoms with Gasteiger partial charge in [-0.2, -0.15) is 0 Å². The van der Waals surface area contributed by atoms with Crippen LogP contribution in [0.4, 0.5) is 15.3 Å². The Kier molecular flexibility index (Phi) is 10.4. The number of esters is 3. The number of nitrogens with one attached hydrogen (secondary N) is 2. The van der Waals surface area contributed by atoms with E-state index in [2.05, 4.69) is 15.8 Å². The standard InChI is InChI=1S/C24H31N3O11/c1-13(28)33-12-17-19(34-14(2)29)20(35-15(3)30)18(26-22(31)37-24(4,5)6)21(36-17)27-38-23(32)25-16-10-8-7-9-11-16/h7-11,17-20H,12H2,1-6H3,(H,25,32)(H,26,31)/b27-21-/t17-,18-,19-,20-/m1/s1. The van der Waals surface area contributed by atoms with Crippen LogP contribution in [-0.2, 0) is 42.9 Å². The molecule has 1 aromatic carbocycles. The molecule has 2 rings (SSSR count). The van der Waals surface area contributed by atoms with Crippen LogP contribution in [0, 0.1) is 0 Å². The molecule has 1 heterocycles. The molecule has 0 aromatic heterocycles. The maximum atomic E-state index is 12.6. The van der Waals surface area contributed by atoms with E-state index in [1.807, 2.05) is 0 Å². The van der Waals surface area contributed by atoms with Crippen LogP contribution >= 0.6 is 0 Å². The number of hydrogen-bond donors (Lipinski definition) is 2. The van der Waals surface area contributed by atoms with E-state index in [1.165, 1.54) is 0 Å². The van der Waals surface area contributed by atoms with Gasteiger partial charge in [0.1, 0.15) is 12.2 Å². The molecule has 2 N–H and O–H groups in total. The van der Waals surface area contributed by atoms with Crippen molar-refractivity contribution in [1.29, 1.82) is 0 Å². The third kappa shape index (κ3) is 9.95. The van der Waals surface area contributed by atoms with Gasteiger partial charge in [-0.05, 0) is 38.1 Å². The van der Waals surface area contributed by atoms with Crippen molar-refractivity contribution in [1.82, 2.24) is 5.32 Å². The Balaban J connectivity index is 2.44. The first kappa shape index (κ1) is 29.9. The Morgan fingerprint density at radius 2 is 1.50 bits per heavy atom. The van der Waals surface area contributed by atoms with Crippen molar-refractivity contribution in [2.24, 2.45) is 5.16 Å². The summed E-state index contributed by atoms with van der Waals surface area (Å²) in [6, 6.07) is 6.88. The molecule has 14 heteroatoms. The van der Waals surface area contributed by atoms with Gasteiger partial charge in [-0.3, -0.25) is 24.5 Å². The predicted octanol–water partition coefficient (Wildman–Crippen LogP) is 2.27. The number of carbonyl (C=O) groups excluding carboxylic acids is 5. The normalized spacial score (nSPS) is 21.8. The summed E-state index contributed by atoms with van der Waals surface area (Å²) in [6.07, 6.45) is -6.05. The van der Waals surface area contributed by atoms with E-state index in [1.54, 1.807) is 51.1 Å². The molecule has 0 radical (unpaired) electrons. The highest BCUT2D eigenvalue weighted by Gasteiger charge is 2.51. The number of carbonyl (C=O) groups is 5. The molecule has 0 aliphatic carbocycles. The average Bonchev–Trinajstić information content (AvgIpc) is 2.78. The van der Waals surface area contributed by atoms with Gasteiger partial charge in [-0.25, -0.2) is 9.59 Å². The summed E-state index contributed by atoms with van der Waals surface area (Å²) in [5, 5.41) is 8.57. The number of para-hydroxylation sites is 1. The van der Waals surface area contributed by atoms with Crippen molar-refractivity contribution in [3.05, 3.63) is 30.3 Å². The van der Waals surface area contributed by atoms with Gasteiger partial charge in [0.05, 0.1) is 0 Å². The molecule has 1 saturated heterocycles. The number of hydrogen-bond acceptors (Lipinski definition) is 12. The van der Waals surface area contributed by atoms with Crippen molar-refractivity contribution in [3.8, 4) is 0 Å². The Morgan fingerprint density at radius 1 is 0.895 bits per heavy atom. The molecule has 0 saturated carbocycles. The summed E-state index contributed by atoms with van der Waals surface area (Å²) < 4.78 is 26.7. The van der Waals surface area contributed by atoms with Gasteiger partial charge in [0, 0.05) is 26.5 Å². The minimum Gasteiger partial charge on any atom is -0.466 e. The Bertz CT molecular complexity index is 1050. The van der Waals surface area contributed by atoms with Gasteiger partial charge >= 0.3 is 30.1 Å². The Labute approximate surface area is 218 Å². The van der Waals surface area contributed by atoms with Crippen LogP contribution in [0.2, 0.25) is 0 Å². The molecule has 0 unspecified atom stereocenters. The summed E-state index contributed by atoms with van der Waals surface area (Å²) in [5.74, 6) is -2.71. The van der Waals surface area contributed by atoms with Crippen molar-refractivity contribution in [3.63, 3.8) is 0 Å². The minimum absolute atomic E-state index is 0.408. The fourth-order valence-corrected chi connectivity index (χ4v) is 3.23. The van der Waals surface area contributed by atoms with Crippen molar-refractivity contribution in [2.45, 2.75) is 71.5 Å². The summed E-state index contributed by atoms with van der Waals surface area (Å²) in [4.78, 5) is 65.1. The molecule has 38 heavy (non-hydrogen) atoms. The van der Waals surface area contributed by atoms with Gasteiger partial charge in [0.25, 0.3) is 5.90 Å². The number of amides is 2. The molecule has 2 amide bonds. The van der Waals surface area contributed by atoms with E-state index in [0.29, 0.717) is 5.69 Å². The van der Waals surface area contributed by atoms with Gasteiger partial charge < -0.3 is 29.0 Å². The van der Waals surface area contributed by atoms with Crippen LogP contribution in [0.1, 0.15) is 41.5 Å². The third-order valence-corrected chi connectivity index (χ3v) is 4.52. The highest BCUT2D eigenvalue weighted by Crippen LogP contribution is 2.25. The SMILES string of the molecule is CC(=O)OC[C@H]1O/C(=N\OC(=O)Nc2ccccc2)[C@H](NC(=O)OC(C)(C)C)[C@@H](OC(C)=O)[C@@H]1OC(C)=O. The lowest BCUT2D eigenvalue weighted by Gasteiger charge is -2.41. The second-order valence-corrected chi connectivity index (χ2v) is 9.03. The molecule has 1 aliphatic heterocycles. The van der Waals surface area contributed by atoms with Crippen LogP contribution in [0.25, 0.3) is 0 Å². The summed E-state index contributed by atoms with van der Waals surface area (Å²) >= 11 is 0. The number of benzene rings is 1. The zero-order valence-corrected chi connectivity index (χ0v) is 21.8. The lowest BCUT2D eigenvalue weighted by molar-refractivity contribution is -0.186. The van der Waals surface area contributed by atoms with Gasteiger partial charge in [-0.15, -0.1) is 0 Å². The summed E-state index contributed by atoms with van der Waals surface area (Å²) in [7, 11) is 0. The second kappa shape index (κ2) is 13.3. The number of nitrogens with zero attached hydrogens (tertiary/aromatic N) is 1. The molecule has 14 nitrogen and oxygen atoms in total. The minimum atomic E-state index is -1.45. The number of anilines is 1. The maximum Gasteiger partial charge on any atom is 0.437 e. The van der Waals surface area contributed by atoms with E-state index in [9.17, 15) is 24.0 Å². The van der Waals surface area contributed by atoms with E-state index < -0.39 is 72.6 Å². The predicted molar refractivity (Wildman–Crippen MR) is 130 cm³/mol.